The van der Waals surface area contributed by atoms with E-state index in [2.05, 4.69) is 39.6 Å². The molecule has 1 fully saturated rings. The Kier molecular flexibility index (Phi) is 5.23. The molecule has 1 aliphatic carbocycles. The number of aromatic nitrogens is 6. The van der Waals surface area contributed by atoms with Gasteiger partial charge in [-0.1, -0.05) is 31.0 Å². The minimum atomic E-state index is -0.0835. The number of nitrogens with one attached hydrogen (secondary N) is 1. The van der Waals surface area contributed by atoms with Crippen LogP contribution < -0.4 is 5.56 Å². The van der Waals surface area contributed by atoms with E-state index in [4.69, 9.17) is 4.98 Å². The predicted molar refractivity (Wildman–Crippen MR) is 118 cm³/mol. The maximum Gasteiger partial charge on any atom is 0.260 e. The highest BCUT2D eigenvalue weighted by atomic mass is 32.2. The summed E-state index contributed by atoms with van der Waals surface area (Å²) in [6.45, 7) is 2.07. The van der Waals surface area contributed by atoms with Gasteiger partial charge in [0.05, 0.1) is 17.2 Å². The largest absolute Gasteiger partial charge is 0.309 e. The van der Waals surface area contributed by atoms with Gasteiger partial charge in [0.1, 0.15) is 10.7 Å². The Bertz CT molecular complexity index is 1200. The van der Waals surface area contributed by atoms with Crippen LogP contribution >= 0.6 is 34.4 Å². The van der Waals surface area contributed by atoms with Crippen molar-refractivity contribution < 1.29 is 0 Å². The summed E-state index contributed by atoms with van der Waals surface area (Å²) in [4.78, 5) is 23.6. The molecule has 0 aliphatic heterocycles. The Morgan fingerprint density at radius 2 is 2.14 bits per heavy atom. The quantitative estimate of drug-likeness (QED) is 0.445. The molecule has 0 spiro atoms. The normalized spacial score (nSPS) is 15.3. The van der Waals surface area contributed by atoms with Gasteiger partial charge < -0.3 is 4.98 Å². The Morgan fingerprint density at radius 1 is 1.28 bits per heavy atom. The van der Waals surface area contributed by atoms with Crippen LogP contribution in [0.2, 0.25) is 0 Å². The van der Waals surface area contributed by atoms with Gasteiger partial charge in [-0.15, -0.1) is 27.8 Å². The number of thiophene rings is 2. The number of H-pyrrole nitrogens is 1. The van der Waals surface area contributed by atoms with Crippen LogP contribution in [0.3, 0.4) is 0 Å². The SMILES string of the molecule is Cc1ccc(-c2csc3nc(CSc4nnnn4C4CCCCC4)[nH]c(=O)c23)s1. The number of fused-ring (bicyclic) bond motifs is 1. The van der Waals surface area contributed by atoms with Gasteiger partial charge >= 0.3 is 0 Å². The van der Waals surface area contributed by atoms with Crippen molar-refractivity contribution in [3.63, 3.8) is 0 Å². The lowest BCUT2D eigenvalue weighted by molar-refractivity contribution is 0.307. The van der Waals surface area contributed by atoms with Crippen molar-refractivity contribution in [2.24, 2.45) is 0 Å². The van der Waals surface area contributed by atoms with Crippen LogP contribution in [-0.2, 0) is 5.75 Å². The molecular formula is C19H20N6OS3. The van der Waals surface area contributed by atoms with Crippen molar-refractivity contribution in [3.05, 3.63) is 38.6 Å². The van der Waals surface area contributed by atoms with Crippen LogP contribution in [0.4, 0.5) is 0 Å². The second-order valence-corrected chi connectivity index (χ2v) is 10.3. The van der Waals surface area contributed by atoms with E-state index in [1.807, 2.05) is 10.1 Å². The van der Waals surface area contributed by atoms with Gasteiger partial charge in [0.25, 0.3) is 5.56 Å². The molecule has 0 atom stereocenters. The summed E-state index contributed by atoms with van der Waals surface area (Å²) >= 11 is 4.74. The highest BCUT2D eigenvalue weighted by Gasteiger charge is 2.21. The number of tetrazole rings is 1. The summed E-state index contributed by atoms with van der Waals surface area (Å²) in [6.07, 6.45) is 6.00. The lowest BCUT2D eigenvalue weighted by Gasteiger charge is -2.21. The lowest BCUT2D eigenvalue weighted by atomic mass is 9.96. The van der Waals surface area contributed by atoms with E-state index in [1.54, 1.807) is 11.3 Å². The monoisotopic (exact) mass is 444 g/mol. The maximum atomic E-state index is 12.8. The van der Waals surface area contributed by atoms with E-state index in [0.29, 0.717) is 23.0 Å². The minimum absolute atomic E-state index is 0.0835. The molecule has 5 rings (SSSR count). The number of hydrogen-bond donors (Lipinski definition) is 1. The second kappa shape index (κ2) is 8.00. The summed E-state index contributed by atoms with van der Waals surface area (Å²) in [7, 11) is 0. The highest BCUT2D eigenvalue weighted by molar-refractivity contribution is 7.98. The van der Waals surface area contributed by atoms with E-state index in [0.717, 1.165) is 33.3 Å². The number of rotatable bonds is 5. The number of aryl methyl sites for hydroxylation is 1. The number of hydrogen-bond acceptors (Lipinski definition) is 8. The molecule has 1 N–H and O–H groups in total. The average Bonchev–Trinajstić information content (AvgIpc) is 3.46. The van der Waals surface area contributed by atoms with Crippen molar-refractivity contribution in [1.29, 1.82) is 0 Å². The first-order valence-electron chi connectivity index (χ1n) is 9.67. The van der Waals surface area contributed by atoms with Gasteiger partial charge in [-0.3, -0.25) is 4.79 Å². The average molecular weight is 445 g/mol. The molecule has 1 aliphatic rings. The minimum Gasteiger partial charge on any atom is -0.309 e. The van der Waals surface area contributed by atoms with Crippen LogP contribution in [0.5, 0.6) is 0 Å². The van der Waals surface area contributed by atoms with Crippen molar-refractivity contribution in [1.82, 2.24) is 30.2 Å². The second-order valence-electron chi connectivity index (χ2n) is 7.24. The molecule has 29 heavy (non-hydrogen) atoms. The van der Waals surface area contributed by atoms with Crippen molar-refractivity contribution >= 4 is 44.7 Å². The van der Waals surface area contributed by atoms with Gasteiger partial charge in [0.15, 0.2) is 0 Å². The fourth-order valence-corrected chi connectivity index (χ4v) is 6.53. The summed E-state index contributed by atoms with van der Waals surface area (Å²) in [5, 5.41) is 15.8. The Hall–Kier alpha value is -2.04. The molecule has 10 heteroatoms. The van der Waals surface area contributed by atoms with E-state index < -0.39 is 0 Å². The molecule has 150 valence electrons. The molecule has 0 saturated heterocycles. The third kappa shape index (κ3) is 3.76. The predicted octanol–water partition coefficient (Wildman–Crippen LogP) is 4.81. The zero-order valence-electron chi connectivity index (χ0n) is 15.9. The third-order valence-electron chi connectivity index (χ3n) is 5.22. The first kappa shape index (κ1) is 19.0. The maximum absolute atomic E-state index is 12.8. The van der Waals surface area contributed by atoms with Crippen LogP contribution in [0, 0.1) is 6.92 Å². The van der Waals surface area contributed by atoms with E-state index in [1.165, 1.54) is 47.2 Å². The van der Waals surface area contributed by atoms with Gasteiger partial charge in [0.2, 0.25) is 5.16 Å². The summed E-state index contributed by atoms with van der Waals surface area (Å²) < 4.78 is 1.95. The Labute approximate surface area is 179 Å². The molecule has 7 nitrogen and oxygen atoms in total. The molecule has 4 heterocycles. The first-order valence-corrected chi connectivity index (χ1v) is 12.3. The van der Waals surface area contributed by atoms with Crippen molar-refractivity contribution in [2.45, 2.75) is 56.0 Å². The molecule has 1 saturated carbocycles. The van der Waals surface area contributed by atoms with E-state index in [-0.39, 0.29) is 5.56 Å². The Balaban J connectivity index is 1.38. The van der Waals surface area contributed by atoms with Gasteiger partial charge in [0, 0.05) is 20.7 Å². The van der Waals surface area contributed by atoms with Crippen LogP contribution in [0.1, 0.15) is 48.8 Å². The zero-order chi connectivity index (χ0) is 19.8. The molecule has 4 aromatic rings. The van der Waals surface area contributed by atoms with Crippen LogP contribution in [-0.4, -0.2) is 30.2 Å². The topological polar surface area (TPSA) is 89.3 Å². The van der Waals surface area contributed by atoms with Crippen LogP contribution in [0.15, 0.2) is 27.5 Å². The van der Waals surface area contributed by atoms with E-state index in [9.17, 15) is 4.79 Å². The molecule has 0 amide bonds. The van der Waals surface area contributed by atoms with E-state index >= 15 is 0 Å². The van der Waals surface area contributed by atoms with Crippen molar-refractivity contribution in [3.8, 4) is 10.4 Å². The molecule has 0 bridgehead atoms. The standard InChI is InChI=1S/C19H20N6OS3/c1-11-7-8-14(29-11)13-9-27-18-16(13)17(26)20-15(21-18)10-28-19-22-23-24-25(19)12-5-3-2-4-6-12/h7-9,12H,2-6,10H2,1H3,(H,20,21,26). The smallest absolute Gasteiger partial charge is 0.260 e. The number of aromatic amines is 1. The first-order chi connectivity index (χ1) is 14.2. The highest BCUT2D eigenvalue weighted by Crippen LogP contribution is 2.35. The lowest BCUT2D eigenvalue weighted by Crippen LogP contribution is -2.15. The zero-order valence-corrected chi connectivity index (χ0v) is 18.4. The molecular weight excluding hydrogens is 424 g/mol. The van der Waals surface area contributed by atoms with Crippen LogP contribution in [0.25, 0.3) is 20.7 Å². The van der Waals surface area contributed by atoms with Gasteiger partial charge in [-0.25, -0.2) is 9.67 Å². The number of thioether (sulfide) groups is 1. The van der Waals surface area contributed by atoms with Gasteiger partial charge in [-0.05, 0) is 42.3 Å². The Morgan fingerprint density at radius 3 is 2.93 bits per heavy atom. The molecule has 0 unspecified atom stereocenters. The molecule has 0 aromatic carbocycles. The fourth-order valence-electron chi connectivity index (χ4n) is 3.79. The number of nitrogens with zero attached hydrogens (tertiary/aromatic N) is 5. The summed E-state index contributed by atoms with van der Waals surface area (Å²) in [5.41, 5.74) is 0.886. The molecule has 4 aromatic heterocycles. The third-order valence-corrected chi connectivity index (χ3v) is 8.07. The van der Waals surface area contributed by atoms with Crippen molar-refractivity contribution in [2.75, 3.05) is 0 Å². The van der Waals surface area contributed by atoms with Gasteiger partial charge in [-0.2, -0.15) is 0 Å². The summed E-state index contributed by atoms with van der Waals surface area (Å²) in [5.74, 6) is 1.19. The molecule has 0 radical (unpaired) electrons. The fraction of sp³-hybridized carbons (Fsp3) is 0.421. The summed E-state index contributed by atoms with van der Waals surface area (Å²) in [6, 6.07) is 4.52.